The van der Waals surface area contributed by atoms with Crippen LogP contribution in [0.15, 0.2) is 36.4 Å². The van der Waals surface area contributed by atoms with Crippen molar-refractivity contribution in [3.05, 3.63) is 46.8 Å². The number of aromatic carboxylic acids is 1. The van der Waals surface area contributed by atoms with Crippen molar-refractivity contribution >= 4 is 27.5 Å². The molecule has 30 heavy (non-hydrogen) atoms. The molecular formula is C25H30N2O2S. The topological polar surface area (TPSA) is 45.5 Å². The largest absolute Gasteiger partial charge is 0.477 e. The fourth-order valence-electron chi connectivity index (χ4n) is 5.41. The Hall–Kier alpha value is -2.11. The number of aromatic nitrogens is 1. The van der Waals surface area contributed by atoms with E-state index in [1.54, 1.807) is 0 Å². The maximum Gasteiger partial charge on any atom is 0.345 e. The summed E-state index contributed by atoms with van der Waals surface area (Å²) in [6.45, 7) is 4.32. The lowest BCUT2D eigenvalue weighted by Gasteiger charge is -2.24. The molecule has 5 rings (SSSR count). The Morgan fingerprint density at radius 3 is 2.43 bits per heavy atom. The van der Waals surface area contributed by atoms with Gasteiger partial charge >= 0.3 is 5.97 Å². The number of likely N-dealkylation sites (tertiary alicyclic amines) is 1. The predicted molar refractivity (Wildman–Crippen MR) is 124 cm³/mol. The first-order valence-corrected chi connectivity index (χ1v) is 12.2. The molecule has 3 aromatic rings. The Labute approximate surface area is 182 Å². The molecule has 5 heteroatoms. The van der Waals surface area contributed by atoms with Crippen LogP contribution < -0.4 is 0 Å². The maximum absolute atomic E-state index is 11.8. The third kappa shape index (κ3) is 3.69. The van der Waals surface area contributed by atoms with Crippen molar-refractivity contribution in [3.63, 3.8) is 0 Å². The van der Waals surface area contributed by atoms with Crippen LogP contribution in [0.1, 0.15) is 66.1 Å². The molecule has 2 aromatic heterocycles. The SMILES string of the molecule is O=C(O)c1cc2c(s1)c(C1CCCCC1)c(-c1ccccc1)n2CCN1CCCC1. The minimum absolute atomic E-state index is 0.464. The van der Waals surface area contributed by atoms with Crippen LogP contribution in [0.2, 0.25) is 0 Å². The second kappa shape index (κ2) is 8.56. The van der Waals surface area contributed by atoms with Gasteiger partial charge in [0.2, 0.25) is 0 Å². The Kier molecular flexibility index (Phi) is 5.66. The molecule has 1 aliphatic carbocycles. The van der Waals surface area contributed by atoms with Gasteiger partial charge in [-0.3, -0.25) is 0 Å². The predicted octanol–water partition coefficient (Wildman–Crippen LogP) is 6.21. The zero-order valence-electron chi connectivity index (χ0n) is 17.5. The lowest BCUT2D eigenvalue weighted by atomic mass is 9.83. The van der Waals surface area contributed by atoms with Crippen LogP contribution in [0.4, 0.5) is 0 Å². The smallest absolute Gasteiger partial charge is 0.345 e. The fraction of sp³-hybridized carbons (Fsp3) is 0.480. The summed E-state index contributed by atoms with van der Waals surface area (Å²) in [5, 5.41) is 9.68. The van der Waals surface area contributed by atoms with Gasteiger partial charge in [0.25, 0.3) is 0 Å². The minimum Gasteiger partial charge on any atom is -0.477 e. The van der Waals surface area contributed by atoms with E-state index in [4.69, 9.17) is 0 Å². The third-order valence-corrected chi connectivity index (χ3v) is 8.03. The van der Waals surface area contributed by atoms with Crippen LogP contribution in [-0.2, 0) is 6.54 Å². The van der Waals surface area contributed by atoms with Gasteiger partial charge in [-0.05, 0) is 61.9 Å². The van der Waals surface area contributed by atoms with Crippen molar-refractivity contribution in [1.29, 1.82) is 0 Å². The Balaban J connectivity index is 1.67. The lowest BCUT2D eigenvalue weighted by molar-refractivity contribution is 0.0702. The van der Waals surface area contributed by atoms with Gasteiger partial charge in [0.1, 0.15) is 4.88 Å². The Morgan fingerprint density at radius 2 is 1.73 bits per heavy atom. The molecule has 0 unspecified atom stereocenters. The van der Waals surface area contributed by atoms with Crippen LogP contribution in [0, 0.1) is 0 Å². The highest BCUT2D eigenvalue weighted by atomic mass is 32.1. The molecule has 0 radical (unpaired) electrons. The second-order valence-corrected chi connectivity index (χ2v) is 9.85. The fourth-order valence-corrected chi connectivity index (χ4v) is 6.54. The van der Waals surface area contributed by atoms with Crippen molar-refractivity contribution in [2.75, 3.05) is 19.6 Å². The molecule has 1 N–H and O–H groups in total. The molecule has 158 valence electrons. The third-order valence-electron chi connectivity index (χ3n) is 6.88. The van der Waals surface area contributed by atoms with E-state index in [0.29, 0.717) is 10.8 Å². The summed E-state index contributed by atoms with van der Waals surface area (Å²) in [4.78, 5) is 14.8. The Morgan fingerprint density at radius 1 is 1.00 bits per heavy atom. The average molecular weight is 423 g/mol. The molecule has 0 spiro atoms. The van der Waals surface area contributed by atoms with E-state index in [1.165, 1.54) is 90.9 Å². The summed E-state index contributed by atoms with van der Waals surface area (Å²) in [5.41, 5.74) is 5.13. The molecule has 0 amide bonds. The number of nitrogens with zero attached hydrogens (tertiary/aromatic N) is 2. The minimum atomic E-state index is -0.807. The van der Waals surface area contributed by atoms with Gasteiger partial charge in [0.05, 0.1) is 15.9 Å². The lowest BCUT2D eigenvalue weighted by Crippen LogP contribution is -2.24. The quantitative estimate of drug-likeness (QED) is 0.513. The van der Waals surface area contributed by atoms with Crippen LogP contribution in [0.25, 0.3) is 21.5 Å². The summed E-state index contributed by atoms with van der Waals surface area (Å²) in [6.07, 6.45) is 8.88. The van der Waals surface area contributed by atoms with Gasteiger partial charge in [0.15, 0.2) is 0 Å². The summed E-state index contributed by atoms with van der Waals surface area (Å²) >= 11 is 1.48. The highest BCUT2D eigenvalue weighted by Crippen LogP contribution is 2.46. The summed E-state index contributed by atoms with van der Waals surface area (Å²) < 4.78 is 3.65. The molecule has 2 fully saturated rings. The summed E-state index contributed by atoms with van der Waals surface area (Å²) in [5.74, 6) is -0.275. The van der Waals surface area contributed by atoms with Crippen LogP contribution >= 0.6 is 11.3 Å². The Bertz CT molecular complexity index is 1020. The molecule has 3 heterocycles. The van der Waals surface area contributed by atoms with Crippen LogP contribution in [-0.4, -0.2) is 40.2 Å². The molecule has 0 bridgehead atoms. The molecule has 4 nitrogen and oxygen atoms in total. The van der Waals surface area contributed by atoms with Gasteiger partial charge in [-0.2, -0.15) is 0 Å². The zero-order valence-corrected chi connectivity index (χ0v) is 18.3. The van der Waals surface area contributed by atoms with Crippen molar-refractivity contribution in [2.45, 2.75) is 57.4 Å². The van der Waals surface area contributed by atoms with E-state index in [2.05, 4.69) is 39.8 Å². The number of carboxylic acids is 1. The maximum atomic E-state index is 11.8. The van der Waals surface area contributed by atoms with E-state index in [0.717, 1.165) is 18.6 Å². The standard InChI is InChI=1S/C25H30N2O2S/c28-25(29)21-17-20-24(30-21)22(18-9-3-1-4-10-18)23(19-11-5-2-6-12-19)27(20)16-15-26-13-7-8-14-26/h2,5-6,11-12,17-18H,1,3-4,7-10,13-16H2,(H,28,29). The molecule has 1 aromatic carbocycles. The van der Waals surface area contributed by atoms with Crippen molar-refractivity contribution < 1.29 is 9.90 Å². The summed E-state index contributed by atoms with van der Waals surface area (Å²) in [6, 6.07) is 12.7. The van der Waals surface area contributed by atoms with Crippen LogP contribution in [0.3, 0.4) is 0 Å². The number of carboxylic acid groups (broad SMARTS) is 1. The van der Waals surface area contributed by atoms with Gasteiger partial charge in [0, 0.05) is 13.1 Å². The number of carbonyl (C=O) groups is 1. The normalized spacial score (nSPS) is 18.4. The van der Waals surface area contributed by atoms with Crippen LogP contribution in [0.5, 0.6) is 0 Å². The van der Waals surface area contributed by atoms with Gasteiger partial charge < -0.3 is 14.6 Å². The molecule has 2 aliphatic rings. The molecule has 1 aliphatic heterocycles. The van der Waals surface area contributed by atoms with E-state index >= 15 is 0 Å². The second-order valence-electron chi connectivity index (χ2n) is 8.79. The number of benzene rings is 1. The summed E-state index contributed by atoms with van der Waals surface area (Å²) in [7, 11) is 0. The molecular weight excluding hydrogens is 392 g/mol. The van der Waals surface area contributed by atoms with E-state index in [1.807, 2.05) is 6.07 Å². The van der Waals surface area contributed by atoms with Crippen molar-refractivity contribution in [2.24, 2.45) is 0 Å². The number of fused-ring (bicyclic) bond motifs is 1. The number of hydrogen-bond acceptors (Lipinski definition) is 3. The molecule has 1 saturated carbocycles. The van der Waals surface area contributed by atoms with Gasteiger partial charge in [-0.25, -0.2) is 4.79 Å². The van der Waals surface area contributed by atoms with Gasteiger partial charge in [-0.1, -0.05) is 49.6 Å². The molecule has 0 atom stereocenters. The molecule has 1 saturated heterocycles. The van der Waals surface area contributed by atoms with Gasteiger partial charge in [-0.15, -0.1) is 11.3 Å². The number of thiophene rings is 1. The van der Waals surface area contributed by atoms with E-state index in [-0.39, 0.29) is 0 Å². The monoisotopic (exact) mass is 422 g/mol. The van der Waals surface area contributed by atoms with E-state index < -0.39 is 5.97 Å². The first kappa shape index (κ1) is 19.8. The zero-order chi connectivity index (χ0) is 20.5. The highest BCUT2D eigenvalue weighted by Gasteiger charge is 2.29. The first-order valence-electron chi connectivity index (χ1n) is 11.4. The first-order chi connectivity index (χ1) is 14.7. The van der Waals surface area contributed by atoms with E-state index in [9.17, 15) is 9.90 Å². The average Bonchev–Trinajstić information content (AvgIpc) is 3.49. The number of rotatable bonds is 6. The van der Waals surface area contributed by atoms with Crippen molar-refractivity contribution in [3.8, 4) is 11.3 Å². The van der Waals surface area contributed by atoms with Crippen molar-refractivity contribution in [1.82, 2.24) is 9.47 Å². The highest BCUT2D eigenvalue weighted by molar-refractivity contribution is 7.21. The number of hydrogen-bond donors (Lipinski definition) is 1.